The van der Waals surface area contributed by atoms with Gasteiger partial charge in [-0.05, 0) is 46.9 Å². The van der Waals surface area contributed by atoms with Crippen LogP contribution < -0.4 is 37.6 Å². The third kappa shape index (κ3) is 15.0. The van der Waals surface area contributed by atoms with Crippen LogP contribution in [0.25, 0.3) is 10.9 Å². The van der Waals surface area contributed by atoms with Crippen molar-refractivity contribution in [2.45, 2.75) is 123 Å². The number of aromatic nitrogens is 1. The van der Waals surface area contributed by atoms with E-state index in [1.165, 1.54) is 6.92 Å². The fourth-order valence-corrected chi connectivity index (χ4v) is 7.94. The zero-order chi connectivity index (χ0) is 49.4. The highest BCUT2D eigenvalue weighted by atomic mass is 16.4. The van der Waals surface area contributed by atoms with Crippen LogP contribution in [-0.4, -0.2) is 93.7 Å². The number of carbonyl (C=O) groups is 8. The predicted octanol–water partition coefficient (Wildman–Crippen LogP) is 3.57. The predicted molar refractivity (Wildman–Crippen MR) is 254 cm³/mol. The lowest BCUT2D eigenvalue weighted by Gasteiger charge is -2.31. The Balaban J connectivity index is 1.56. The molecule has 0 unspecified atom stereocenters. The van der Waals surface area contributed by atoms with E-state index in [9.17, 15) is 43.5 Å². The van der Waals surface area contributed by atoms with Crippen LogP contribution in [-0.2, 0) is 44.8 Å². The summed E-state index contributed by atoms with van der Waals surface area (Å²) in [6, 6.07) is 17.8. The van der Waals surface area contributed by atoms with Crippen molar-refractivity contribution in [3.05, 3.63) is 108 Å². The number of fused-ring (bicyclic) bond motifs is 1. The van der Waals surface area contributed by atoms with Gasteiger partial charge in [0.05, 0.1) is 6.42 Å². The van der Waals surface area contributed by atoms with Gasteiger partial charge in [-0.25, -0.2) is 0 Å². The molecule has 0 saturated carbocycles. The molecule has 1 aromatic heterocycles. The number of hydrogen-bond acceptors (Lipinski definition) is 8. The molecule has 0 radical (unpaired) electrons. The van der Waals surface area contributed by atoms with Gasteiger partial charge in [0.2, 0.25) is 41.4 Å². The monoisotopic (exact) mass is 922 g/mol. The lowest BCUT2D eigenvalue weighted by atomic mass is 9.84. The number of aliphatic carboxylic acids is 1. The summed E-state index contributed by atoms with van der Waals surface area (Å²) in [6.45, 7) is 11.9. The quantitative estimate of drug-likeness (QED) is 0.0470. The Morgan fingerprint density at radius 3 is 1.55 bits per heavy atom. The molecule has 360 valence electrons. The lowest BCUT2D eigenvalue weighted by Crippen LogP contribution is -2.62. The molecular weight excluding hydrogens is 857 g/mol. The van der Waals surface area contributed by atoms with E-state index in [0.29, 0.717) is 12.8 Å². The minimum atomic E-state index is -1.71. The number of aromatic amines is 1. The second kappa shape index (κ2) is 25.0. The van der Waals surface area contributed by atoms with Gasteiger partial charge in [-0.3, -0.25) is 38.4 Å². The van der Waals surface area contributed by atoms with Crippen LogP contribution in [0.2, 0.25) is 0 Å². The number of nitrogens with one attached hydrogen (secondary N) is 7. The van der Waals surface area contributed by atoms with Gasteiger partial charge in [-0.2, -0.15) is 0 Å². The largest absolute Gasteiger partial charge is 0.481 e. The number of nitrogens with two attached hydrogens (primary N) is 1. The molecular formula is C50H66N8O9. The lowest BCUT2D eigenvalue weighted by molar-refractivity contribution is -0.142. The highest BCUT2D eigenvalue weighted by Gasteiger charge is 2.38. The fourth-order valence-electron chi connectivity index (χ4n) is 7.94. The zero-order valence-corrected chi connectivity index (χ0v) is 39.3. The fraction of sp³-hybridized carbons (Fsp3) is 0.440. The van der Waals surface area contributed by atoms with Crippen LogP contribution in [0.15, 0.2) is 91.1 Å². The van der Waals surface area contributed by atoms with Gasteiger partial charge in [-0.1, -0.05) is 133 Å². The molecule has 0 spiro atoms. The number of amides is 7. The second-order valence-corrected chi connectivity index (χ2v) is 17.6. The summed E-state index contributed by atoms with van der Waals surface area (Å²) in [5, 5.41) is 26.9. The summed E-state index contributed by atoms with van der Waals surface area (Å²) in [4.78, 5) is 111. The van der Waals surface area contributed by atoms with Crippen molar-refractivity contribution in [1.82, 2.24) is 36.9 Å². The molecule has 7 amide bonds. The number of para-hydroxylation sites is 1. The van der Waals surface area contributed by atoms with E-state index < -0.39 is 108 Å². The number of carboxylic acid groups (broad SMARTS) is 1. The molecule has 3 aromatic carbocycles. The summed E-state index contributed by atoms with van der Waals surface area (Å²) < 4.78 is 0. The van der Waals surface area contributed by atoms with Gasteiger partial charge in [0, 0.05) is 36.4 Å². The molecule has 17 heteroatoms. The average Bonchev–Trinajstić information content (AvgIpc) is 3.70. The van der Waals surface area contributed by atoms with Crippen LogP contribution in [0.3, 0.4) is 0 Å². The Bertz CT molecular complexity index is 2300. The molecule has 8 atom stereocenters. The first kappa shape index (κ1) is 52.6. The van der Waals surface area contributed by atoms with Crippen molar-refractivity contribution in [2.24, 2.45) is 23.5 Å². The number of carbonyl (C=O) groups excluding carboxylic acids is 7. The number of rotatable bonds is 25. The van der Waals surface area contributed by atoms with Gasteiger partial charge in [0.1, 0.15) is 36.3 Å². The number of carboxylic acids is 1. The van der Waals surface area contributed by atoms with E-state index in [4.69, 9.17) is 5.73 Å². The number of hydrogen-bond donors (Lipinski definition) is 9. The van der Waals surface area contributed by atoms with Gasteiger partial charge in [0.25, 0.3) is 0 Å². The average molecular weight is 923 g/mol. The van der Waals surface area contributed by atoms with Gasteiger partial charge < -0.3 is 47.7 Å². The SMILES string of the molecule is CC[C@H](C)[C@H](NC(=O)[C@H](CC(=O)O)NC(=O)[C@H](CC(C)C)NC(=O)[C@H](NC(C)=O)C(c1ccccc1)c1ccccc1)C(=O)N[C@H](C(=O)N[C@@H](Cc1c[nH]c2ccccc12)C(N)=O)[C@@H](C)CC. The minimum absolute atomic E-state index is 0.0719. The van der Waals surface area contributed by atoms with Crippen LogP contribution in [0.1, 0.15) is 96.8 Å². The molecule has 0 aliphatic rings. The molecule has 0 fully saturated rings. The van der Waals surface area contributed by atoms with Gasteiger partial charge >= 0.3 is 5.97 Å². The summed E-state index contributed by atoms with van der Waals surface area (Å²) >= 11 is 0. The maximum atomic E-state index is 14.3. The molecule has 0 bridgehead atoms. The Morgan fingerprint density at radius 2 is 1.04 bits per heavy atom. The Hall–Kier alpha value is -7.04. The van der Waals surface area contributed by atoms with Crippen LogP contribution in [0, 0.1) is 17.8 Å². The maximum Gasteiger partial charge on any atom is 0.305 e. The first-order valence-corrected chi connectivity index (χ1v) is 22.8. The van der Waals surface area contributed by atoms with Crippen LogP contribution in [0.5, 0.6) is 0 Å². The second-order valence-electron chi connectivity index (χ2n) is 17.6. The normalized spacial score (nSPS) is 14.9. The minimum Gasteiger partial charge on any atom is -0.481 e. The van der Waals surface area contributed by atoms with Crippen LogP contribution in [0.4, 0.5) is 0 Å². The molecule has 4 aromatic rings. The summed E-state index contributed by atoms with van der Waals surface area (Å²) in [5.74, 6) is -8.54. The number of benzene rings is 3. The number of H-pyrrole nitrogens is 1. The van der Waals surface area contributed by atoms with E-state index in [1.807, 2.05) is 106 Å². The topological polar surface area (TPSA) is 271 Å². The van der Waals surface area contributed by atoms with Crippen molar-refractivity contribution in [3.8, 4) is 0 Å². The van der Waals surface area contributed by atoms with Gasteiger partial charge in [0.15, 0.2) is 0 Å². The summed E-state index contributed by atoms with van der Waals surface area (Å²) in [5.41, 5.74) is 8.79. The van der Waals surface area contributed by atoms with E-state index >= 15 is 0 Å². The maximum absolute atomic E-state index is 14.3. The molecule has 0 aliphatic carbocycles. The Kier molecular flexibility index (Phi) is 19.6. The number of primary amides is 1. The van der Waals surface area contributed by atoms with Crippen molar-refractivity contribution >= 4 is 58.2 Å². The molecule has 67 heavy (non-hydrogen) atoms. The smallest absolute Gasteiger partial charge is 0.305 e. The molecule has 0 saturated heterocycles. The molecule has 10 N–H and O–H groups in total. The highest BCUT2D eigenvalue weighted by molar-refractivity contribution is 5.98. The zero-order valence-electron chi connectivity index (χ0n) is 39.3. The van der Waals surface area contributed by atoms with Gasteiger partial charge in [-0.15, -0.1) is 0 Å². The molecule has 1 heterocycles. The standard InChI is InChI=1S/C50H66N8O9/c1-8-29(5)42(48(65)54-37(45(51)62)25-34-27-52-36-23-17-16-22-35(34)36)58-49(66)43(30(6)9-2)57-47(64)39(26-40(60)61)55-46(63)38(24-28(3)4)56-50(67)44(53-31(7)59)41(32-18-12-10-13-19-32)33-20-14-11-15-21-33/h10-23,27-30,37-39,41-44,52H,8-9,24-26H2,1-7H3,(H2,51,62)(H,53,59)(H,54,65)(H,55,63)(H,56,67)(H,57,64)(H,58,66)(H,60,61)/t29-,30-,37-,38-,39-,42-,43-,44+/m0/s1. The molecule has 17 nitrogen and oxygen atoms in total. The first-order valence-electron chi connectivity index (χ1n) is 22.8. The van der Waals surface area contributed by atoms with Crippen molar-refractivity contribution in [1.29, 1.82) is 0 Å². The third-order valence-corrected chi connectivity index (χ3v) is 12.0. The van der Waals surface area contributed by atoms with E-state index in [1.54, 1.807) is 27.0 Å². The van der Waals surface area contributed by atoms with E-state index in [2.05, 4.69) is 36.9 Å². The highest BCUT2D eigenvalue weighted by Crippen LogP contribution is 2.29. The van der Waals surface area contributed by atoms with Crippen molar-refractivity contribution < 1.29 is 43.5 Å². The summed E-state index contributed by atoms with van der Waals surface area (Å²) in [7, 11) is 0. The third-order valence-electron chi connectivity index (χ3n) is 12.0. The molecule has 4 rings (SSSR count). The van der Waals surface area contributed by atoms with Crippen molar-refractivity contribution in [2.75, 3.05) is 0 Å². The Labute approximate surface area is 391 Å². The van der Waals surface area contributed by atoms with Crippen molar-refractivity contribution in [3.63, 3.8) is 0 Å². The van der Waals surface area contributed by atoms with E-state index in [0.717, 1.165) is 27.6 Å². The van der Waals surface area contributed by atoms with E-state index in [-0.39, 0.29) is 18.8 Å². The van der Waals surface area contributed by atoms with Crippen LogP contribution >= 0.6 is 0 Å². The first-order chi connectivity index (χ1) is 31.8. The Morgan fingerprint density at radius 1 is 0.582 bits per heavy atom. The molecule has 0 aliphatic heterocycles. The summed E-state index contributed by atoms with van der Waals surface area (Å²) in [6.07, 6.45) is 1.81.